The van der Waals surface area contributed by atoms with Crippen LogP contribution in [0.2, 0.25) is 0 Å². The molecule has 5 nitrogen and oxygen atoms in total. The quantitative estimate of drug-likeness (QED) is 0.740. The topological polar surface area (TPSA) is 61.4 Å². The minimum Gasteiger partial charge on any atom is -0.349 e. The Hall–Kier alpha value is -2.66. The summed E-state index contributed by atoms with van der Waals surface area (Å²) in [6.45, 7) is 3.09. The van der Waals surface area contributed by atoms with Crippen molar-refractivity contribution in [3.8, 4) is 0 Å². The first kappa shape index (κ1) is 18.7. The number of nitrogens with zero attached hydrogens (tertiary/aromatic N) is 1. The molecule has 2 amide bonds. The summed E-state index contributed by atoms with van der Waals surface area (Å²) < 4.78 is 0. The van der Waals surface area contributed by atoms with Gasteiger partial charge < -0.3 is 10.6 Å². The molecule has 4 rings (SSSR count). The highest BCUT2D eigenvalue weighted by Crippen LogP contribution is 2.28. The predicted octanol–water partition coefficient (Wildman–Crippen LogP) is 3.49. The summed E-state index contributed by atoms with van der Waals surface area (Å²) in [5.74, 6) is 0.0207. The van der Waals surface area contributed by atoms with Gasteiger partial charge in [-0.1, -0.05) is 30.3 Å². The fraction of sp³-hybridized carbons (Fsp3) is 0.391. The Kier molecular flexibility index (Phi) is 5.44. The maximum Gasteiger partial charge on any atom is 0.251 e. The standard InChI is InChI=1S/C23H27N3O2/c1-16-4-2-3-5-21(16)25-22(27)15-26(20-12-13-20)14-17-6-8-18(9-7-17)23(28)24-19-10-11-19/h2-9,19-20H,10-15H2,1H3,(H,24,28)(H,25,27). The highest BCUT2D eigenvalue weighted by Gasteiger charge is 2.30. The van der Waals surface area contributed by atoms with E-state index in [9.17, 15) is 9.59 Å². The van der Waals surface area contributed by atoms with E-state index in [2.05, 4.69) is 15.5 Å². The van der Waals surface area contributed by atoms with Gasteiger partial charge in [0.1, 0.15) is 0 Å². The van der Waals surface area contributed by atoms with Crippen LogP contribution in [-0.4, -0.2) is 35.3 Å². The van der Waals surface area contributed by atoms with Crippen LogP contribution in [0.5, 0.6) is 0 Å². The Bertz CT molecular complexity index is 854. The van der Waals surface area contributed by atoms with Crippen LogP contribution in [0, 0.1) is 6.92 Å². The first-order valence-electron chi connectivity index (χ1n) is 10.1. The van der Waals surface area contributed by atoms with Gasteiger partial charge in [-0.2, -0.15) is 0 Å². The molecule has 5 heteroatoms. The van der Waals surface area contributed by atoms with Crippen molar-refractivity contribution in [3.63, 3.8) is 0 Å². The fourth-order valence-electron chi connectivity index (χ4n) is 3.33. The highest BCUT2D eigenvalue weighted by molar-refractivity contribution is 5.94. The lowest BCUT2D eigenvalue weighted by Gasteiger charge is -2.22. The second kappa shape index (κ2) is 8.15. The molecule has 2 aliphatic rings. The molecule has 2 aromatic carbocycles. The van der Waals surface area contributed by atoms with Crippen LogP contribution in [0.1, 0.15) is 47.2 Å². The number of nitrogens with one attached hydrogen (secondary N) is 2. The van der Waals surface area contributed by atoms with Crippen LogP contribution in [0.4, 0.5) is 5.69 Å². The molecule has 0 saturated heterocycles. The largest absolute Gasteiger partial charge is 0.349 e. The first-order chi connectivity index (χ1) is 13.6. The number of aryl methyl sites for hydroxylation is 1. The zero-order chi connectivity index (χ0) is 19.5. The Morgan fingerprint density at radius 3 is 2.36 bits per heavy atom. The highest BCUT2D eigenvalue weighted by atomic mass is 16.2. The van der Waals surface area contributed by atoms with Crippen LogP contribution >= 0.6 is 0 Å². The summed E-state index contributed by atoms with van der Waals surface area (Å²) in [5, 5.41) is 6.03. The van der Waals surface area contributed by atoms with Gasteiger partial charge in [0.2, 0.25) is 5.91 Å². The van der Waals surface area contributed by atoms with Crippen molar-refractivity contribution in [3.05, 3.63) is 65.2 Å². The molecule has 0 heterocycles. The van der Waals surface area contributed by atoms with Gasteiger partial charge in [0.25, 0.3) is 5.91 Å². The number of para-hydroxylation sites is 1. The third-order valence-corrected chi connectivity index (χ3v) is 5.34. The molecule has 2 N–H and O–H groups in total. The van der Waals surface area contributed by atoms with Crippen LogP contribution in [0.25, 0.3) is 0 Å². The van der Waals surface area contributed by atoms with E-state index < -0.39 is 0 Å². The van der Waals surface area contributed by atoms with Crippen molar-refractivity contribution in [1.29, 1.82) is 0 Å². The van der Waals surface area contributed by atoms with E-state index in [0.717, 1.165) is 49.0 Å². The van der Waals surface area contributed by atoms with Crippen molar-refractivity contribution in [2.24, 2.45) is 0 Å². The molecule has 146 valence electrons. The van der Waals surface area contributed by atoms with Crippen LogP contribution < -0.4 is 10.6 Å². The van der Waals surface area contributed by atoms with Gasteiger partial charge in [-0.25, -0.2) is 0 Å². The van der Waals surface area contributed by atoms with Gasteiger partial charge in [0.05, 0.1) is 6.54 Å². The first-order valence-corrected chi connectivity index (χ1v) is 10.1. The van der Waals surface area contributed by atoms with Gasteiger partial charge in [0.15, 0.2) is 0 Å². The number of carbonyl (C=O) groups excluding carboxylic acids is 2. The molecule has 28 heavy (non-hydrogen) atoms. The maximum atomic E-state index is 12.5. The molecule has 2 fully saturated rings. The summed E-state index contributed by atoms with van der Waals surface area (Å²) in [6, 6.07) is 16.4. The van der Waals surface area contributed by atoms with E-state index in [1.807, 2.05) is 55.5 Å². The average molecular weight is 377 g/mol. The van der Waals surface area contributed by atoms with Gasteiger partial charge in [-0.3, -0.25) is 14.5 Å². The Labute approximate surface area is 166 Å². The third kappa shape index (κ3) is 4.98. The van der Waals surface area contributed by atoms with Gasteiger partial charge in [-0.15, -0.1) is 0 Å². The van der Waals surface area contributed by atoms with Crippen LogP contribution in [0.15, 0.2) is 48.5 Å². The normalized spacial score (nSPS) is 16.1. The second-order valence-electron chi connectivity index (χ2n) is 7.94. The second-order valence-corrected chi connectivity index (χ2v) is 7.94. The minimum absolute atomic E-state index is 0.00528. The minimum atomic E-state index is 0.00528. The van der Waals surface area contributed by atoms with E-state index in [1.54, 1.807) is 0 Å². The lowest BCUT2D eigenvalue weighted by Crippen LogP contribution is -2.34. The molecule has 2 saturated carbocycles. The summed E-state index contributed by atoms with van der Waals surface area (Å²) in [4.78, 5) is 26.9. The van der Waals surface area contributed by atoms with Crippen molar-refractivity contribution < 1.29 is 9.59 Å². The Morgan fingerprint density at radius 2 is 1.71 bits per heavy atom. The zero-order valence-electron chi connectivity index (χ0n) is 16.3. The number of rotatable bonds is 8. The monoisotopic (exact) mass is 377 g/mol. The number of carbonyl (C=O) groups is 2. The predicted molar refractivity (Wildman–Crippen MR) is 110 cm³/mol. The molecular formula is C23H27N3O2. The van der Waals surface area contributed by atoms with Crippen LogP contribution in [0.3, 0.4) is 0 Å². The molecule has 0 atom stereocenters. The number of hydrogen-bond acceptors (Lipinski definition) is 3. The smallest absolute Gasteiger partial charge is 0.251 e. The SMILES string of the molecule is Cc1ccccc1NC(=O)CN(Cc1ccc(C(=O)NC2CC2)cc1)C1CC1. The lowest BCUT2D eigenvalue weighted by atomic mass is 10.1. The van der Waals surface area contributed by atoms with Crippen LogP contribution in [-0.2, 0) is 11.3 Å². The van der Waals surface area contributed by atoms with Gasteiger partial charge >= 0.3 is 0 Å². The van der Waals surface area contributed by atoms with Crippen molar-refractivity contribution in [2.45, 2.75) is 51.2 Å². The molecule has 0 bridgehead atoms. The molecule has 0 spiro atoms. The van der Waals surface area contributed by atoms with Gasteiger partial charge in [-0.05, 0) is 61.9 Å². The number of amides is 2. The van der Waals surface area contributed by atoms with Crippen molar-refractivity contribution in [2.75, 3.05) is 11.9 Å². The van der Waals surface area contributed by atoms with Gasteiger partial charge in [0, 0.05) is 29.9 Å². The number of anilines is 1. The molecule has 2 aliphatic carbocycles. The molecule has 0 aliphatic heterocycles. The molecule has 0 unspecified atom stereocenters. The number of benzene rings is 2. The van der Waals surface area contributed by atoms with E-state index in [0.29, 0.717) is 24.2 Å². The summed E-state index contributed by atoms with van der Waals surface area (Å²) in [6.07, 6.45) is 4.45. The lowest BCUT2D eigenvalue weighted by molar-refractivity contribution is -0.117. The Balaban J connectivity index is 1.35. The van der Waals surface area contributed by atoms with Crippen molar-refractivity contribution in [1.82, 2.24) is 10.2 Å². The average Bonchev–Trinajstić information content (AvgIpc) is 3.58. The molecule has 0 aromatic heterocycles. The van der Waals surface area contributed by atoms with E-state index in [4.69, 9.17) is 0 Å². The molecular weight excluding hydrogens is 350 g/mol. The summed E-state index contributed by atoms with van der Waals surface area (Å²) in [5.41, 5.74) is 3.76. The third-order valence-electron chi connectivity index (χ3n) is 5.34. The summed E-state index contributed by atoms with van der Waals surface area (Å²) in [7, 11) is 0. The van der Waals surface area contributed by atoms with E-state index in [1.165, 1.54) is 0 Å². The number of hydrogen-bond donors (Lipinski definition) is 2. The molecule has 2 aromatic rings. The van der Waals surface area contributed by atoms with Crippen molar-refractivity contribution >= 4 is 17.5 Å². The maximum absolute atomic E-state index is 12.5. The van der Waals surface area contributed by atoms with E-state index in [-0.39, 0.29) is 11.8 Å². The Morgan fingerprint density at radius 1 is 1.00 bits per heavy atom. The fourth-order valence-corrected chi connectivity index (χ4v) is 3.33. The molecule has 0 radical (unpaired) electrons. The van der Waals surface area contributed by atoms with E-state index >= 15 is 0 Å². The summed E-state index contributed by atoms with van der Waals surface area (Å²) >= 11 is 0. The zero-order valence-corrected chi connectivity index (χ0v) is 16.3.